The number of rotatable bonds is 5. The highest BCUT2D eigenvalue weighted by Gasteiger charge is 2.29. The van der Waals surface area contributed by atoms with Gasteiger partial charge in [-0.3, -0.25) is 4.79 Å². The summed E-state index contributed by atoms with van der Waals surface area (Å²) >= 11 is 3.39. The Kier molecular flexibility index (Phi) is 5.54. The summed E-state index contributed by atoms with van der Waals surface area (Å²) in [6.07, 6.45) is -1.34. The first-order valence-corrected chi connectivity index (χ1v) is 8.95. The monoisotopic (exact) mass is 414 g/mol. The number of hydrogen-bond donors (Lipinski definition) is 1. The highest BCUT2D eigenvalue weighted by Crippen LogP contribution is 2.32. The van der Waals surface area contributed by atoms with E-state index >= 15 is 0 Å². The van der Waals surface area contributed by atoms with Gasteiger partial charge < -0.3 is 14.5 Å². The standard InChI is InChI=1S/C20H19BrN2O3/c1-13-17(19(26-22-13)15-8-10-16(21)11-9-15)18(24)20(25)23(2)12-14-6-4-3-5-7-14/h3-11,18,24H,12H2,1-2H3. The van der Waals surface area contributed by atoms with E-state index in [0.29, 0.717) is 23.6 Å². The Labute approximate surface area is 160 Å². The minimum absolute atomic E-state index is 0.400. The van der Waals surface area contributed by atoms with Crippen LogP contribution in [0, 0.1) is 6.92 Å². The molecule has 0 spiro atoms. The van der Waals surface area contributed by atoms with Crippen LogP contribution in [-0.2, 0) is 11.3 Å². The number of carbonyl (C=O) groups excluding carboxylic acids is 1. The molecule has 3 aromatic rings. The molecule has 0 radical (unpaired) electrons. The number of aromatic nitrogens is 1. The van der Waals surface area contributed by atoms with E-state index in [-0.39, 0.29) is 0 Å². The van der Waals surface area contributed by atoms with Crippen molar-refractivity contribution < 1.29 is 14.4 Å². The van der Waals surface area contributed by atoms with E-state index in [1.807, 2.05) is 54.6 Å². The molecule has 1 amide bonds. The summed E-state index contributed by atoms with van der Waals surface area (Å²) in [4.78, 5) is 14.2. The number of likely N-dealkylation sites (N-methyl/N-ethyl adjacent to an activating group) is 1. The van der Waals surface area contributed by atoms with Crippen LogP contribution in [-0.4, -0.2) is 28.1 Å². The summed E-state index contributed by atoms with van der Waals surface area (Å²) < 4.78 is 6.32. The third-order valence-corrected chi connectivity index (χ3v) is 4.69. The van der Waals surface area contributed by atoms with E-state index in [4.69, 9.17) is 4.52 Å². The van der Waals surface area contributed by atoms with Crippen LogP contribution in [0.5, 0.6) is 0 Å². The molecule has 0 aliphatic rings. The molecule has 0 fully saturated rings. The molecule has 5 nitrogen and oxygen atoms in total. The molecule has 1 heterocycles. The van der Waals surface area contributed by atoms with Crippen LogP contribution in [0.2, 0.25) is 0 Å². The number of carbonyl (C=O) groups is 1. The largest absolute Gasteiger partial charge is 0.378 e. The summed E-state index contributed by atoms with van der Waals surface area (Å²) in [7, 11) is 1.67. The lowest BCUT2D eigenvalue weighted by Gasteiger charge is -2.21. The number of aryl methyl sites for hydroxylation is 1. The van der Waals surface area contributed by atoms with Gasteiger partial charge in [0.25, 0.3) is 5.91 Å². The van der Waals surface area contributed by atoms with Crippen LogP contribution in [0.4, 0.5) is 0 Å². The molecule has 0 aliphatic heterocycles. The van der Waals surface area contributed by atoms with Gasteiger partial charge in [-0.1, -0.05) is 63.6 Å². The maximum Gasteiger partial charge on any atom is 0.256 e. The van der Waals surface area contributed by atoms with E-state index in [1.165, 1.54) is 4.90 Å². The highest BCUT2D eigenvalue weighted by atomic mass is 79.9. The lowest BCUT2D eigenvalue weighted by atomic mass is 10.0. The quantitative estimate of drug-likeness (QED) is 0.682. The lowest BCUT2D eigenvalue weighted by molar-refractivity contribution is -0.139. The van der Waals surface area contributed by atoms with E-state index in [2.05, 4.69) is 21.1 Å². The van der Waals surface area contributed by atoms with Gasteiger partial charge in [-0.15, -0.1) is 0 Å². The van der Waals surface area contributed by atoms with Crippen molar-refractivity contribution in [2.75, 3.05) is 7.05 Å². The van der Waals surface area contributed by atoms with E-state index in [9.17, 15) is 9.90 Å². The Hall–Kier alpha value is -2.44. The number of halogens is 1. The molecule has 1 aromatic heterocycles. The first-order chi connectivity index (χ1) is 12.5. The second kappa shape index (κ2) is 7.85. The van der Waals surface area contributed by atoms with Crippen LogP contribution < -0.4 is 0 Å². The van der Waals surface area contributed by atoms with Gasteiger partial charge in [0.1, 0.15) is 0 Å². The summed E-state index contributed by atoms with van der Waals surface area (Å²) in [5.74, 6) is 0.00229. The molecule has 0 bridgehead atoms. The zero-order valence-corrected chi connectivity index (χ0v) is 16.1. The zero-order chi connectivity index (χ0) is 18.7. The van der Waals surface area contributed by atoms with Gasteiger partial charge in [-0.05, 0) is 24.6 Å². The van der Waals surface area contributed by atoms with Crippen LogP contribution >= 0.6 is 15.9 Å². The fraction of sp³-hybridized carbons (Fsp3) is 0.200. The third kappa shape index (κ3) is 3.86. The van der Waals surface area contributed by atoms with Gasteiger partial charge in [-0.25, -0.2) is 0 Å². The zero-order valence-electron chi connectivity index (χ0n) is 14.5. The topological polar surface area (TPSA) is 66.6 Å². The summed E-state index contributed by atoms with van der Waals surface area (Å²) in [6, 6.07) is 17.1. The van der Waals surface area contributed by atoms with Crippen molar-refractivity contribution in [1.29, 1.82) is 0 Å². The number of amides is 1. The van der Waals surface area contributed by atoms with E-state index < -0.39 is 12.0 Å². The molecule has 0 saturated heterocycles. The van der Waals surface area contributed by atoms with Crippen molar-refractivity contribution in [2.45, 2.75) is 19.6 Å². The predicted molar refractivity (Wildman–Crippen MR) is 102 cm³/mol. The highest BCUT2D eigenvalue weighted by molar-refractivity contribution is 9.10. The summed E-state index contributed by atoms with van der Waals surface area (Å²) in [5, 5.41) is 14.6. The van der Waals surface area contributed by atoms with Crippen molar-refractivity contribution in [1.82, 2.24) is 10.1 Å². The van der Waals surface area contributed by atoms with Gasteiger partial charge in [-0.2, -0.15) is 0 Å². The molecule has 26 heavy (non-hydrogen) atoms. The third-order valence-electron chi connectivity index (χ3n) is 4.16. The summed E-state index contributed by atoms with van der Waals surface area (Å²) in [5.41, 5.74) is 2.64. The van der Waals surface area contributed by atoms with Crippen LogP contribution in [0.1, 0.15) is 22.9 Å². The molecule has 1 unspecified atom stereocenters. The van der Waals surface area contributed by atoms with Gasteiger partial charge >= 0.3 is 0 Å². The molecule has 3 rings (SSSR count). The van der Waals surface area contributed by atoms with Crippen LogP contribution in [0.25, 0.3) is 11.3 Å². The second-order valence-corrected chi connectivity index (χ2v) is 7.02. The first kappa shape index (κ1) is 18.4. The molecule has 134 valence electrons. The molecule has 1 atom stereocenters. The van der Waals surface area contributed by atoms with Gasteiger partial charge in [0.15, 0.2) is 11.9 Å². The Bertz CT molecular complexity index is 891. The van der Waals surface area contributed by atoms with Crippen LogP contribution in [0.15, 0.2) is 63.6 Å². The number of hydrogen-bond acceptors (Lipinski definition) is 4. The Balaban J connectivity index is 1.85. The minimum atomic E-state index is -1.34. The average molecular weight is 415 g/mol. The number of aliphatic hydroxyl groups is 1. The molecule has 0 saturated carbocycles. The smallest absolute Gasteiger partial charge is 0.256 e. The second-order valence-electron chi connectivity index (χ2n) is 6.10. The molecular formula is C20H19BrN2O3. The van der Waals surface area contributed by atoms with Crippen molar-refractivity contribution in [3.8, 4) is 11.3 Å². The van der Waals surface area contributed by atoms with Crippen LogP contribution in [0.3, 0.4) is 0 Å². The Morgan fingerprint density at radius 2 is 1.85 bits per heavy atom. The number of benzene rings is 2. The minimum Gasteiger partial charge on any atom is -0.378 e. The maximum atomic E-state index is 12.7. The van der Waals surface area contributed by atoms with Gasteiger partial charge in [0.2, 0.25) is 0 Å². The SMILES string of the molecule is Cc1noc(-c2ccc(Br)cc2)c1C(O)C(=O)N(C)Cc1ccccc1. The van der Waals surface area contributed by atoms with Crippen molar-refractivity contribution in [3.05, 3.63) is 75.9 Å². The molecule has 1 N–H and O–H groups in total. The van der Waals surface area contributed by atoms with Crippen molar-refractivity contribution in [2.24, 2.45) is 0 Å². The molecule has 6 heteroatoms. The van der Waals surface area contributed by atoms with Crippen molar-refractivity contribution >= 4 is 21.8 Å². The first-order valence-electron chi connectivity index (χ1n) is 8.16. The van der Waals surface area contributed by atoms with E-state index in [0.717, 1.165) is 15.6 Å². The summed E-state index contributed by atoms with van der Waals surface area (Å²) in [6.45, 7) is 2.13. The normalized spacial score (nSPS) is 12.0. The fourth-order valence-electron chi connectivity index (χ4n) is 2.78. The lowest BCUT2D eigenvalue weighted by Crippen LogP contribution is -2.31. The Morgan fingerprint density at radius 1 is 1.19 bits per heavy atom. The number of nitrogens with zero attached hydrogens (tertiary/aromatic N) is 2. The average Bonchev–Trinajstić information content (AvgIpc) is 3.03. The van der Waals surface area contributed by atoms with Gasteiger partial charge in [0.05, 0.1) is 11.3 Å². The number of aliphatic hydroxyl groups excluding tert-OH is 1. The van der Waals surface area contributed by atoms with Crippen molar-refractivity contribution in [3.63, 3.8) is 0 Å². The van der Waals surface area contributed by atoms with E-state index in [1.54, 1.807) is 14.0 Å². The predicted octanol–water partition coefficient (Wildman–Crippen LogP) is 4.10. The van der Waals surface area contributed by atoms with Gasteiger partial charge in [0, 0.05) is 23.6 Å². The fourth-order valence-corrected chi connectivity index (χ4v) is 3.04. The molecule has 2 aromatic carbocycles. The Morgan fingerprint density at radius 3 is 2.50 bits per heavy atom. The molecular weight excluding hydrogens is 396 g/mol. The maximum absolute atomic E-state index is 12.7. The molecule has 0 aliphatic carbocycles.